The van der Waals surface area contributed by atoms with Gasteiger partial charge in [-0.1, -0.05) is 12.1 Å². The van der Waals surface area contributed by atoms with E-state index in [1.54, 1.807) is 13.0 Å². The van der Waals surface area contributed by atoms with Crippen LogP contribution in [0.1, 0.15) is 24.5 Å². The molecule has 0 heterocycles. The van der Waals surface area contributed by atoms with Gasteiger partial charge in [0.1, 0.15) is 0 Å². The van der Waals surface area contributed by atoms with E-state index in [4.69, 9.17) is 9.84 Å². The van der Waals surface area contributed by atoms with Crippen LogP contribution in [0.5, 0.6) is 0 Å². The molecule has 0 bridgehead atoms. The largest absolute Gasteiger partial charge is 0.416 e. The van der Waals surface area contributed by atoms with Crippen LogP contribution < -0.4 is 0 Å². The third-order valence-corrected chi connectivity index (χ3v) is 2.84. The standard InChI is InChI=1S/C12H15F3O2/c1-11(17-2,6-7-16)9-4-3-5-10(8-9)12(13,14)15/h3-5,8,16H,6-7H2,1-2H3. The van der Waals surface area contributed by atoms with Gasteiger partial charge < -0.3 is 9.84 Å². The summed E-state index contributed by atoms with van der Waals surface area (Å²) < 4.78 is 42.9. The second-order valence-electron chi connectivity index (χ2n) is 3.99. The van der Waals surface area contributed by atoms with E-state index < -0.39 is 17.3 Å². The van der Waals surface area contributed by atoms with Crippen molar-refractivity contribution in [2.24, 2.45) is 0 Å². The van der Waals surface area contributed by atoms with Gasteiger partial charge in [0.15, 0.2) is 0 Å². The summed E-state index contributed by atoms with van der Waals surface area (Å²) in [7, 11) is 1.41. The molecule has 1 unspecified atom stereocenters. The van der Waals surface area contributed by atoms with Gasteiger partial charge in [-0.05, 0) is 24.6 Å². The Hall–Kier alpha value is -1.07. The lowest BCUT2D eigenvalue weighted by Crippen LogP contribution is -2.26. The van der Waals surface area contributed by atoms with Gasteiger partial charge in [0.05, 0.1) is 11.2 Å². The molecule has 1 aromatic rings. The van der Waals surface area contributed by atoms with E-state index >= 15 is 0 Å². The number of aliphatic hydroxyl groups is 1. The maximum atomic E-state index is 12.6. The number of ether oxygens (including phenoxy) is 1. The van der Waals surface area contributed by atoms with Crippen LogP contribution >= 0.6 is 0 Å². The van der Waals surface area contributed by atoms with Crippen LogP contribution in [0.3, 0.4) is 0 Å². The van der Waals surface area contributed by atoms with E-state index in [1.807, 2.05) is 0 Å². The van der Waals surface area contributed by atoms with Crippen LogP contribution in [0.4, 0.5) is 13.2 Å². The number of halogens is 3. The van der Waals surface area contributed by atoms with Crippen LogP contribution in [0, 0.1) is 0 Å². The molecule has 0 aromatic heterocycles. The fraction of sp³-hybridized carbons (Fsp3) is 0.500. The van der Waals surface area contributed by atoms with E-state index in [2.05, 4.69) is 0 Å². The molecular formula is C12H15F3O2. The van der Waals surface area contributed by atoms with Gasteiger partial charge in [-0.25, -0.2) is 0 Å². The smallest absolute Gasteiger partial charge is 0.396 e. The highest BCUT2D eigenvalue weighted by Gasteiger charge is 2.33. The topological polar surface area (TPSA) is 29.5 Å². The van der Waals surface area contributed by atoms with Gasteiger partial charge in [0.2, 0.25) is 0 Å². The summed E-state index contributed by atoms with van der Waals surface area (Å²) >= 11 is 0. The van der Waals surface area contributed by atoms with E-state index in [0.29, 0.717) is 5.56 Å². The SMILES string of the molecule is COC(C)(CCO)c1cccc(C(F)(F)F)c1. The lowest BCUT2D eigenvalue weighted by atomic mass is 9.91. The first-order valence-corrected chi connectivity index (χ1v) is 5.17. The molecule has 0 spiro atoms. The Balaban J connectivity index is 3.14. The third-order valence-electron chi connectivity index (χ3n) is 2.84. The molecule has 1 atom stereocenters. The fourth-order valence-corrected chi connectivity index (χ4v) is 1.60. The number of benzene rings is 1. The molecule has 0 saturated carbocycles. The second kappa shape index (κ2) is 5.06. The van der Waals surface area contributed by atoms with Gasteiger partial charge >= 0.3 is 6.18 Å². The van der Waals surface area contributed by atoms with Crippen molar-refractivity contribution < 1.29 is 23.0 Å². The molecule has 0 amide bonds. The van der Waals surface area contributed by atoms with Crippen molar-refractivity contribution in [3.8, 4) is 0 Å². The molecule has 5 heteroatoms. The first-order chi connectivity index (χ1) is 7.83. The van der Waals surface area contributed by atoms with Crippen molar-refractivity contribution in [3.05, 3.63) is 35.4 Å². The van der Waals surface area contributed by atoms with Crippen molar-refractivity contribution in [2.75, 3.05) is 13.7 Å². The van der Waals surface area contributed by atoms with Crippen molar-refractivity contribution in [3.63, 3.8) is 0 Å². The zero-order valence-corrected chi connectivity index (χ0v) is 9.71. The Morgan fingerprint density at radius 1 is 1.24 bits per heavy atom. The second-order valence-corrected chi connectivity index (χ2v) is 3.99. The minimum absolute atomic E-state index is 0.152. The summed E-state index contributed by atoms with van der Waals surface area (Å²) in [5.41, 5.74) is -1.21. The van der Waals surface area contributed by atoms with Crippen molar-refractivity contribution in [1.29, 1.82) is 0 Å². The Morgan fingerprint density at radius 3 is 2.29 bits per heavy atom. The Labute approximate surface area is 98.0 Å². The normalized spacial score (nSPS) is 15.6. The molecule has 2 nitrogen and oxygen atoms in total. The highest BCUT2D eigenvalue weighted by atomic mass is 19.4. The van der Waals surface area contributed by atoms with Gasteiger partial charge in [0.25, 0.3) is 0 Å². The minimum Gasteiger partial charge on any atom is -0.396 e. The molecule has 1 N–H and O–H groups in total. The van der Waals surface area contributed by atoms with E-state index in [9.17, 15) is 13.2 Å². The van der Waals surface area contributed by atoms with Gasteiger partial charge in [-0.3, -0.25) is 0 Å². The highest BCUT2D eigenvalue weighted by Crippen LogP contribution is 2.34. The number of methoxy groups -OCH3 is 1. The molecule has 0 aliphatic heterocycles. The van der Waals surface area contributed by atoms with E-state index in [1.165, 1.54) is 13.2 Å². The molecule has 0 aliphatic carbocycles. The van der Waals surface area contributed by atoms with Crippen LogP contribution in [-0.2, 0) is 16.5 Å². The van der Waals surface area contributed by atoms with E-state index in [0.717, 1.165) is 12.1 Å². The first-order valence-electron chi connectivity index (χ1n) is 5.17. The summed E-state index contributed by atoms with van der Waals surface area (Å²) in [6.07, 6.45) is -4.13. The molecule has 0 saturated heterocycles. The van der Waals surface area contributed by atoms with E-state index in [-0.39, 0.29) is 13.0 Å². The number of hydrogen-bond donors (Lipinski definition) is 1. The highest BCUT2D eigenvalue weighted by molar-refractivity contribution is 5.29. The Kier molecular flexibility index (Phi) is 4.16. The molecular weight excluding hydrogens is 233 g/mol. The number of rotatable bonds is 4. The minimum atomic E-state index is -4.37. The number of alkyl halides is 3. The summed E-state index contributed by atoms with van der Waals surface area (Å²) in [6.45, 7) is 1.50. The van der Waals surface area contributed by atoms with Crippen LogP contribution in [0.2, 0.25) is 0 Å². The predicted molar refractivity (Wildman–Crippen MR) is 57.5 cm³/mol. The quantitative estimate of drug-likeness (QED) is 0.887. The van der Waals surface area contributed by atoms with Gasteiger partial charge in [0, 0.05) is 20.1 Å². The third kappa shape index (κ3) is 3.20. The maximum Gasteiger partial charge on any atom is 0.416 e. The molecule has 0 aliphatic rings. The Bertz CT molecular complexity index is 376. The average Bonchev–Trinajstić information content (AvgIpc) is 2.28. The number of hydrogen-bond acceptors (Lipinski definition) is 2. The lowest BCUT2D eigenvalue weighted by Gasteiger charge is -2.28. The van der Waals surface area contributed by atoms with Crippen LogP contribution in [0.15, 0.2) is 24.3 Å². The number of aliphatic hydroxyl groups excluding tert-OH is 1. The summed E-state index contributed by atoms with van der Waals surface area (Å²) in [6, 6.07) is 4.97. The lowest BCUT2D eigenvalue weighted by molar-refractivity contribution is -0.137. The first kappa shape index (κ1) is 14.0. The average molecular weight is 248 g/mol. The van der Waals surface area contributed by atoms with Gasteiger partial charge in [-0.2, -0.15) is 13.2 Å². The molecule has 0 fully saturated rings. The molecule has 17 heavy (non-hydrogen) atoms. The van der Waals surface area contributed by atoms with Gasteiger partial charge in [-0.15, -0.1) is 0 Å². The zero-order chi connectivity index (χ0) is 13.1. The Morgan fingerprint density at radius 2 is 1.82 bits per heavy atom. The van der Waals surface area contributed by atoms with Crippen molar-refractivity contribution >= 4 is 0 Å². The summed E-state index contributed by atoms with van der Waals surface area (Å²) in [4.78, 5) is 0. The van der Waals surface area contributed by atoms with Crippen molar-refractivity contribution in [2.45, 2.75) is 25.1 Å². The zero-order valence-electron chi connectivity index (χ0n) is 9.71. The summed E-state index contributed by atoms with van der Waals surface area (Å²) in [5.74, 6) is 0. The molecule has 1 rings (SSSR count). The molecule has 96 valence electrons. The molecule has 0 radical (unpaired) electrons. The molecule has 1 aromatic carbocycles. The van der Waals surface area contributed by atoms with Crippen LogP contribution in [-0.4, -0.2) is 18.8 Å². The maximum absolute atomic E-state index is 12.6. The van der Waals surface area contributed by atoms with Crippen molar-refractivity contribution in [1.82, 2.24) is 0 Å². The predicted octanol–water partition coefficient (Wildman–Crippen LogP) is 2.95. The fourth-order valence-electron chi connectivity index (χ4n) is 1.60. The monoisotopic (exact) mass is 248 g/mol. The van der Waals surface area contributed by atoms with Crippen LogP contribution in [0.25, 0.3) is 0 Å². The summed E-state index contributed by atoms with van der Waals surface area (Å²) in [5, 5.41) is 8.92.